The van der Waals surface area contributed by atoms with Crippen molar-refractivity contribution < 1.29 is 9.53 Å². The zero-order chi connectivity index (χ0) is 16.6. The molecule has 1 aromatic rings. The van der Waals surface area contributed by atoms with Crippen molar-refractivity contribution in [3.8, 4) is 6.07 Å². The molecular weight excluding hydrogens is 292 g/mol. The van der Waals surface area contributed by atoms with Crippen LogP contribution in [0.25, 0.3) is 0 Å². The lowest BCUT2D eigenvalue weighted by molar-refractivity contribution is -0.128. The van der Waals surface area contributed by atoms with Gasteiger partial charge in [0.15, 0.2) is 0 Å². The van der Waals surface area contributed by atoms with Crippen molar-refractivity contribution in [1.82, 2.24) is 14.7 Å². The molecule has 1 aromatic heterocycles. The van der Waals surface area contributed by atoms with E-state index in [1.54, 1.807) is 9.58 Å². The van der Waals surface area contributed by atoms with Gasteiger partial charge in [0.1, 0.15) is 11.6 Å². The molecule has 1 amide bonds. The normalized spacial score (nSPS) is 27.9. The number of nitriles is 1. The molecule has 124 valence electrons. The van der Waals surface area contributed by atoms with Crippen molar-refractivity contribution in [3.63, 3.8) is 0 Å². The zero-order valence-electron chi connectivity index (χ0n) is 14.1. The second-order valence-corrected chi connectivity index (χ2v) is 6.67. The molecule has 6 heteroatoms. The second kappa shape index (κ2) is 5.97. The predicted octanol–water partition coefficient (Wildman–Crippen LogP) is 2.10. The van der Waals surface area contributed by atoms with E-state index < -0.39 is 11.6 Å². The molecule has 23 heavy (non-hydrogen) atoms. The average molecular weight is 316 g/mol. The number of carbonyl (C=O) groups excluding carboxylic acids is 1. The van der Waals surface area contributed by atoms with Gasteiger partial charge in [-0.05, 0) is 46.0 Å². The van der Waals surface area contributed by atoms with E-state index in [4.69, 9.17) is 4.74 Å². The summed E-state index contributed by atoms with van der Waals surface area (Å²) in [6.07, 6.45) is 4.70. The average Bonchev–Trinajstić information content (AvgIpc) is 2.80. The molecule has 0 unspecified atom stereocenters. The van der Waals surface area contributed by atoms with E-state index >= 15 is 0 Å². The topological polar surface area (TPSA) is 71.2 Å². The van der Waals surface area contributed by atoms with Gasteiger partial charge in [-0.1, -0.05) is 0 Å². The smallest absolute Gasteiger partial charge is 0.258 e. The minimum Gasteiger partial charge on any atom is -0.372 e. The molecule has 1 spiro atoms. The maximum Gasteiger partial charge on any atom is 0.258 e. The molecule has 0 N–H and O–H groups in total. The number of aryl methyl sites for hydroxylation is 2. The van der Waals surface area contributed by atoms with E-state index in [2.05, 4.69) is 11.2 Å². The fourth-order valence-corrected chi connectivity index (χ4v) is 4.02. The number of rotatable bonds is 1. The second-order valence-electron chi connectivity index (χ2n) is 6.67. The van der Waals surface area contributed by atoms with Crippen LogP contribution in [0.2, 0.25) is 0 Å². The van der Waals surface area contributed by atoms with Crippen LogP contribution < -0.4 is 0 Å². The Hall–Kier alpha value is -1.87. The zero-order valence-corrected chi connectivity index (χ0v) is 14.1. The number of hydrogen-bond donors (Lipinski definition) is 0. The predicted molar refractivity (Wildman–Crippen MR) is 84.9 cm³/mol. The lowest BCUT2D eigenvalue weighted by atomic mass is 9.79. The molecule has 0 aromatic carbocycles. The van der Waals surface area contributed by atoms with Gasteiger partial charge in [-0.3, -0.25) is 9.48 Å². The van der Waals surface area contributed by atoms with E-state index in [9.17, 15) is 10.1 Å². The maximum atomic E-state index is 13.1. The summed E-state index contributed by atoms with van der Waals surface area (Å²) in [6, 6.07) is 1.85. The summed E-state index contributed by atoms with van der Waals surface area (Å²) in [4.78, 5) is 14.8. The highest BCUT2D eigenvalue weighted by Gasteiger charge is 2.49. The summed E-state index contributed by atoms with van der Waals surface area (Å²) in [7, 11) is 1.84. The molecule has 2 saturated heterocycles. The van der Waals surface area contributed by atoms with Crippen molar-refractivity contribution in [1.29, 1.82) is 5.26 Å². The fraction of sp³-hybridized carbons (Fsp3) is 0.706. The van der Waals surface area contributed by atoms with Crippen molar-refractivity contribution in [2.24, 2.45) is 7.05 Å². The van der Waals surface area contributed by atoms with Gasteiger partial charge in [0.05, 0.1) is 17.3 Å². The van der Waals surface area contributed by atoms with Gasteiger partial charge in [0.25, 0.3) is 5.91 Å². The lowest BCUT2D eigenvalue weighted by Gasteiger charge is -2.48. The molecule has 3 rings (SSSR count). The Labute approximate surface area is 137 Å². The first-order valence-corrected chi connectivity index (χ1v) is 8.35. The third kappa shape index (κ3) is 2.53. The first-order chi connectivity index (χ1) is 11.0. The van der Waals surface area contributed by atoms with Gasteiger partial charge in [-0.25, -0.2) is 0 Å². The Morgan fingerprint density at radius 3 is 2.65 bits per heavy atom. The van der Waals surface area contributed by atoms with Gasteiger partial charge in [0, 0.05) is 25.9 Å². The quantitative estimate of drug-likeness (QED) is 0.795. The van der Waals surface area contributed by atoms with Crippen molar-refractivity contribution in [2.45, 2.75) is 57.6 Å². The van der Waals surface area contributed by atoms with Crippen molar-refractivity contribution >= 4 is 5.91 Å². The molecule has 2 aliphatic rings. The number of carbonyl (C=O) groups is 1. The van der Waals surface area contributed by atoms with Gasteiger partial charge < -0.3 is 9.64 Å². The highest BCUT2D eigenvalue weighted by Crippen LogP contribution is 2.39. The maximum absolute atomic E-state index is 13.1. The number of likely N-dealkylation sites (tertiary alicyclic amines) is 1. The molecule has 2 fully saturated rings. The molecule has 0 bridgehead atoms. The first kappa shape index (κ1) is 16.0. The van der Waals surface area contributed by atoms with Crippen LogP contribution in [0.5, 0.6) is 0 Å². The third-order valence-electron chi connectivity index (χ3n) is 5.30. The van der Waals surface area contributed by atoms with Crippen LogP contribution in [0.1, 0.15) is 53.8 Å². The number of piperidine rings is 1. The van der Waals surface area contributed by atoms with Crippen LogP contribution in [-0.4, -0.2) is 45.4 Å². The standard InChI is InChI=1S/C17H24N4O2/c1-12-15(13(2)20(3)19-12)16(22)21-9-6-8-17(14(21)11-18)7-4-5-10-23-17/h14H,4-10H2,1-3H3/t14-,17+/m0/s1. The van der Waals surface area contributed by atoms with Crippen LogP contribution in [0.3, 0.4) is 0 Å². The van der Waals surface area contributed by atoms with Gasteiger partial charge in [-0.2, -0.15) is 10.4 Å². The molecule has 6 nitrogen and oxygen atoms in total. The van der Waals surface area contributed by atoms with E-state index in [-0.39, 0.29) is 5.91 Å². The molecule has 3 heterocycles. The third-order valence-corrected chi connectivity index (χ3v) is 5.30. The fourth-order valence-electron chi connectivity index (χ4n) is 4.02. The summed E-state index contributed by atoms with van der Waals surface area (Å²) < 4.78 is 7.78. The summed E-state index contributed by atoms with van der Waals surface area (Å²) in [5.41, 5.74) is 1.70. The SMILES string of the molecule is Cc1nn(C)c(C)c1C(=O)N1CCC[C@]2(CCCCO2)[C@@H]1C#N. The monoisotopic (exact) mass is 316 g/mol. The van der Waals surface area contributed by atoms with Gasteiger partial charge >= 0.3 is 0 Å². The van der Waals surface area contributed by atoms with Gasteiger partial charge in [0.2, 0.25) is 0 Å². The Morgan fingerprint density at radius 1 is 1.35 bits per heavy atom. The van der Waals surface area contributed by atoms with Crippen LogP contribution in [0.15, 0.2) is 0 Å². The Morgan fingerprint density at radius 2 is 2.09 bits per heavy atom. The first-order valence-electron chi connectivity index (χ1n) is 8.35. The number of aromatic nitrogens is 2. The summed E-state index contributed by atoms with van der Waals surface area (Å²) >= 11 is 0. The number of hydrogen-bond acceptors (Lipinski definition) is 4. The molecular formula is C17H24N4O2. The minimum absolute atomic E-state index is 0.0899. The molecule has 0 aliphatic carbocycles. The van der Waals surface area contributed by atoms with Gasteiger partial charge in [-0.15, -0.1) is 0 Å². The Bertz CT molecular complexity index is 647. The van der Waals surface area contributed by atoms with E-state index in [0.29, 0.717) is 18.7 Å². The Kier molecular flexibility index (Phi) is 4.15. The Balaban J connectivity index is 1.94. The highest BCUT2D eigenvalue weighted by atomic mass is 16.5. The van der Waals surface area contributed by atoms with E-state index in [1.165, 1.54) is 0 Å². The van der Waals surface area contributed by atoms with Crippen LogP contribution >= 0.6 is 0 Å². The van der Waals surface area contributed by atoms with Crippen LogP contribution in [-0.2, 0) is 11.8 Å². The summed E-state index contributed by atoms with van der Waals surface area (Å²) in [6.45, 7) is 5.03. The van der Waals surface area contributed by atoms with Crippen molar-refractivity contribution in [2.75, 3.05) is 13.2 Å². The molecule has 0 radical (unpaired) electrons. The highest BCUT2D eigenvalue weighted by molar-refractivity contribution is 5.97. The number of ether oxygens (including phenoxy) is 1. The largest absolute Gasteiger partial charge is 0.372 e. The lowest BCUT2D eigenvalue weighted by Crippen LogP contribution is -2.60. The summed E-state index contributed by atoms with van der Waals surface area (Å²) in [5, 5.41) is 14.1. The van der Waals surface area contributed by atoms with Crippen molar-refractivity contribution in [3.05, 3.63) is 17.0 Å². The summed E-state index contributed by atoms with van der Waals surface area (Å²) in [5.74, 6) is -0.0899. The number of amides is 1. The van der Waals surface area contributed by atoms with Crippen LogP contribution in [0, 0.1) is 25.2 Å². The molecule has 2 atom stereocenters. The van der Waals surface area contributed by atoms with E-state index in [0.717, 1.165) is 43.5 Å². The molecule has 0 saturated carbocycles. The van der Waals surface area contributed by atoms with E-state index in [1.807, 2.05) is 20.9 Å². The minimum atomic E-state index is -0.511. The van der Waals surface area contributed by atoms with Crippen LogP contribution in [0.4, 0.5) is 0 Å². The number of nitrogens with zero attached hydrogens (tertiary/aromatic N) is 4. The molecule has 2 aliphatic heterocycles.